The number of hydrogen-bond donors (Lipinski definition) is 3. The van der Waals surface area contributed by atoms with Crippen molar-refractivity contribution in [1.82, 2.24) is 25.7 Å². The molecule has 1 aromatic heterocycles. The number of carbonyl (C=O) groups is 1. The van der Waals surface area contributed by atoms with E-state index in [9.17, 15) is 4.79 Å². The summed E-state index contributed by atoms with van der Waals surface area (Å²) in [6.07, 6.45) is 2.95. The van der Waals surface area contributed by atoms with Gasteiger partial charge in [0.05, 0.1) is 11.0 Å². The van der Waals surface area contributed by atoms with Crippen LogP contribution in [0.5, 0.6) is 0 Å². The number of nitrogens with one attached hydrogen (secondary N) is 3. The number of fused-ring (bicyclic) bond motifs is 1. The molecular weight excluding hydrogens is 350 g/mol. The van der Waals surface area contributed by atoms with Crippen LogP contribution in [0.3, 0.4) is 0 Å². The van der Waals surface area contributed by atoms with Crippen molar-refractivity contribution in [2.24, 2.45) is 7.05 Å². The average Bonchev–Trinajstić information content (AvgIpc) is 3.32. The second-order valence-corrected chi connectivity index (χ2v) is 7.43. The lowest BCUT2D eigenvalue weighted by Gasteiger charge is -2.21. The molecule has 6 heteroatoms. The summed E-state index contributed by atoms with van der Waals surface area (Å²) in [6.45, 7) is 2.16. The van der Waals surface area contributed by atoms with E-state index < -0.39 is 0 Å². The van der Waals surface area contributed by atoms with Gasteiger partial charge in [0.2, 0.25) is 5.91 Å². The van der Waals surface area contributed by atoms with Gasteiger partial charge in [-0.2, -0.15) is 0 Å². The summed E-state index contributed by atoms with van der Waals surface area (Å²) in [4.78, 5) is 17.9. The van der Waals surface area contributed by atoms with E-state index >= 15 is 0 Å². The summed E-state index contributed by atoms with van der Waals surface area (Å²) < 4.78 is 2.06. The molecule has 2 heterocycles. The van der Waals surface area contributed by atoms with E-state index in [0.29, 0.717) is 6.04 Å². The predicted octanol–water partition coefficient (Wildman–Crippen LogP) is 2.81. The van der Waals surface area contributed by atoms with Crippen LogP contribution in [-0.2, 0) is 11.8 Å². The zero-order valence-corrected chi connectivity index (χ0v) is 16.4. The standard InChI is InChI=1S/C22H27N5O/c1-3-9-16-14-18(26-25-16)22(28)24-20(15-10-5-4-6-11-15)21-23-17-12-7-8-13-19(17)27(21)2/h4-8,10-13,16,18,20,25-26H,3,9,14H2,1-2H3,(H,24,28). The summed E-state index contributed by atoms with van der Waals surface area (Å²) in [5.41, 5.74) is 9.39. The van der Waals surface area contributed by atoms with Crippen LogP contribution < -0.4 is 16.2 Å². The van der Waals surface area contributed by atoms with E-state index in [1.54, 1.807) is 0 Å². The Labute approximate surface area is 165 Å². The second kappa shape index (κ2) is 8.12. The summed E-state index contributed by atoms with van der Waals surface area (Å²) in [6, 6.07) is 17.9. The monoisotopic (exact) mass is 377 g/mol. The smallest absolute Gasteiger partial charge is 0.239 e. The van der Waals surface area contributed by atoms with Crippen molar-refractivity contribution >= 4 is 16.9 Å². The number of para-hydroxylation sites is 2. The lowest BCUT2D eigenvalue weighted by Crippen LogP contribution is -2.45. The number of amides is 1. The van der Waals surface area contributed by atoms with Gasteiger partial charge in [0.25, 0.3) is 0 Å². The van der Waals surface area contributed by atoms with Gasteiger partial charge in [-0.3, -0.25) is 10.2 Å². The summed E-state index contributed by atoms with van der Waals surface area (Å²) in [7, 11) is 2.00. The lowest BCUT2D eigenvalue weighted by molar-refractivity contribution is -0.123. The Morgan fingerprint density at radius 3 is 2.68 bits per heavy atom. The van der Waals surface area contributed by atoms with Crippen molar-refractivity contribution in [2.75, 3.05) is 0 Å². The molecule has 4 rings (SSSR count). The topological polar surface area (TPSA) is 71.0 Å². The first kappa shape index (κ1) is 18.7. The number of rotatable bonds is 6. The van der Waals surface area contributed by atoms with E-state index in [1.165, 1.54) is 0 Å². The molecule has 3 unspecified atom stereocenters. The summed E-state index contributed by atoms with van der Waals surface area (Å²) in [5.74, 6) is 0.823. The number of nitrogens with zero attached hydrogens (tertiary/aromatic N) is 2. The molecule has 6 nitrogen and oxygen atoms in total. The minimum absolute atomic E-state index is 0.00740. The van der Waals surface area contributed by atoms with Crippen molar-refractivity contribution in [3.8, 4) is 0 Å². The largest absolute Gasteiger partial charge is 0.341 e. The SMILES string of the molecule is CCCC1CC(C(=O)NC(c2ccccc2)c2nc3ccccc3n2C)NN1. The van der Waals surface area contributed by atoms with Gasteiger partial charge in [-0.1, -0.05) is 55.8 Å². The molecule has 1 fully saturated rings. The van der Waals surface area contributed by atoms with Gasteiger partial charge in [-0.25, -0.2) is 10.4 Å². The molecule has 1 saturated heterocycles. The fourth-order valence-electron chi connectivity index (χ4n) is 3.94. The highest BCUT2D eigenvalue weighted by atomic mass is 16.2. The van der Waals surface area contributed by atoms with Crippen LogP contribution in [0.4, 0.5) is 0 Å². The number of carbonyl (C=O) groups excluding carboxylic acids is 1. The highest BCUT2D eigenvalue weighted by Gasteiger charge is 2.31. The molecule has 0 saturated carbocycles. The maximum absolute atomic E-state index is 13.0. The lowest BCUT2D eigenvalue weighted by atomic mass is 10.0. The van der Waals surface area contributed by atoms with Crippen LogP contribution >= 0.6 is 0 Å². The Balaban J connectivity index is 1.63. The maximum Gasteiger partial charge on any atom is 0.239 e. The van der Waals surface area contributed by atoms with Gasteiger partial charge in [0, 0.05) is 13.1 Å². The number of benzene rings is 2. The molecule has 0 bridgehead atoms. The third-order valence-corrected chi connectivity index (χ3v) is 5.43. The van der Waals surface area contributed by atoms with Crippen LogP contribution in [0, 0.1) is 0 Å². The van der Waals surface area contributed by atoms with Crippen molar-refractivity contribution in [1.29, 1.82) is 0 Å². The Hall–Kier alpha value is -2.70. The van der Waals surface area contributed by atoms with Crippen molar-refractivity contribution in [3.05, 3.63) is 66.0 Å². The predicted molar refractivity (Wildman–Crippen MR) is 111 cm³/mol. The van der Waals surface area contributed by atoms with E-state index in [4.69, 9.17) is 4.98 Å². The van der Waals surface area contributed by atoms with Gasteiger partial charge in [-0.15, -0.1) is 0 Å². The molecule has 146 valence electrons. The van der Waals surface area contributed by atoms with Gasteiger partial charge < -0.3 is 9.88 Å². The van der Waals surface area contributed by atoms with Crippen LogP contribution in [0.15, 0.2) is 54.6 Å². The zero-order valence-electron chi connectivity index (χ0n) is 16.4. The van der Waals surface area contributed by atoms with Crippen LogP contribution in [0.25, 0.3) is 11.0 Å². The van der Waals surface area contributed by atoms with Crippen molar-refractivity contribution < 1.29 is 4.79 Å². The van der Waals surface area contributed by atoms with Crippen molar-refractivity contribution in [2.45, 2.75) is 44.3 Å². The van der Waals surface area contributed by atoms with Crippen molar-refractivity contribution in [3.63, 3.8) is 0 Å². The van der Waals surface area contributed by atoms with E-state index in [1.807, 2.05) is 61.6 Å². The molecule has 1 aliphatic heterocycles. The van der Waals surface area contributed by atoms with Gasteiger partial charge in [-0.05, 0) is 30.5 Å². The molecule has 1 aliphatic rings. The van der Waals surface area contributed by atoms with E-state index in [0.717, 1.165) is 41.7 Å². The first-order valence-corrected chi connectivity index (χ1v) is 9.95. The highest BCUT2D eigenvalue weighted by Crippen LogP contribution is 2.25. The normalized spacial score (nSPS) is 20.4. The molecule has 28 heavy (non-hydrogen) atoms. The third kappa shape index (κ3) is 3.66. The Morgan fingerprint density at radius 1 is 1.18 bits per heavy atom. The Morgan fingerprint density at radius 2 is 1.93 bits per heavy atom. The fraction of sp³-hybridized carbons (Fsp3) is 0.364. The third-order valence-electron chi connectivity index (χ3n) is 5.43. The van der Waals surface area contributed by atoms with Gasteiger partial charge >= 0.3 is 0 Å². The highest BCUT2D eigenvalue weighted by molar-refractivity contribution is 5.83. The van der Waals surface area contributed by atoms with Gasteiger partial charge in [0.1, 0.15) is 17.9 Å². The number of hydrazine groups is 1. The zero-order chi connectivity index (χ0) is 19.5. The average molecular weight is 377 g/mol. The van der Waals surface area contributed by atoms with Crippen LogP contribution in [-0.4, -0.2) is 27.5 Å². The number of hydrogen-bond acceptors (Lipinski definition) is 4. The number of aryl methyl sites for hydroxylation is 1. The van der Waals surface area contributed by atoms with Crippen LogP contribution in [0.2, 0.25) is 0 Å². The molecule has 3 atom stereocenters. The minimum Gasteiger partial charge on any atom is -0.341 e. The molecule has 2 aromatic carbocycles. The molecule has 0 aliphatic carbocycles. The minimum atomic E-state index is -0.307. The Kier molecular flexibility index (Phi) is 5.41. The first-order chi connectivity index (χ1) is 13.7. The summed E-state index contributed by atoms with van der Waals surface area (Å²) in [5, 5.41) is 3.23. The molecule has 3 N–H and O–H groups in total. The molecule has 0 radical (unpaired) electrons. The Bertz CT molecular complexity index is 952. The fourth-order valence-corrected chi connectivity index (χ4v) is 3.94. The molecule has 1 amide bonds. The molecule has 3 aromatic rings. The van der Waals surface area contributed by atoms with Crippen LogP contribution in [0.1, 0.15) is 43.6 Å². The number of imidazole rings is 1. The van der Waals surface area contributed by atoms with Gasteiger partial charge in [0.15, 0.2) is 0 Å². The number of aromatic nitrogens is 2. The molecule has 0 spiro atoms. The summed E-state index contributed by atoms with van der Waals surface area (Å²) >= 11 is 0. The second-order valence-electron chi connectivity index (χ2n) is 7.43. The quantitative estimate of drug-likeness (QED) is 0.618. The van der Waals surface area contributed by atoms with E-state index in [2.05, 4.69) is 27.7 Å². The van der Waals surface area contributed by atoms with E-state index in [-0.39, 0.29) is 18.0 Å². The maximum atomic E-state index is 13.0. The first-order valence-electron chi connectivity index (χ1n) is 9.95. The molecular formula is C22H27N5O.